The van der Waals surface area contributed by atoms with Gasteiger partial charge in [0.1, 0.15) is 5.54 Å². The Balaban J connectivity index is 2.34. The second-order valence-corrected chi connectivity index (χ2v) is 6.90. The highest BCUT2D eigenvalue weighted by Gasteiger charge is 2.27. The molecule has 3 atom stereocenters. The molecule has 1 rings (SSSR count). The Bertz CT molecular complexity index is 300. The number of hydrogen-bond acceptors (Lipinski definition) is 3. The lowest BCUT2D eigenvalue weighted by atomic mass is 9.82. The zero-order valence-electron chi connectivity index (χ0n) is 13.2. The molecule has 1 fully saturated rings. The van der Waals surface area contributed by atoms with Gasteiger partial charge in [-0.25, -0.2) is 0 Å². The number of nitrogens with one attached hydrogen (secondary N) is 1. The molecule has 110 valence electrons. The van der Waals surface area contributed by atoms with Crippen LogP contribution in [0.4, 0.5) is 0 Å². The first kappa shape index (κ1) is 16.5. The summed E-state index contributed by atoms with van der Waals surface area (Å²) in [4.78, 5) is 0. The van der Waals surface area contributed by atoms with Gasteiger partial charge in [-0.15, -0.1) is 0 Å². The van der Waals surface area contributed by atoms with Crippen LogP contribution < -0.4 is 5.32 Å². The molecule has 1 aliphatic rings. The third-order valence-electron chi connectivity index (χ3n) is 3.94. The lowest BCUT2D eigenvalue weighted by Crippen LogP contribution is -2.46. The Morgan fingerprint density at radius 1 is 1.26 bits per heavy atom. The van der Waals surface area contributed by atoms with Gasteiger partial charge in [0, 0.05) is 19.1 Å². The first-order valence-corrected chi connectivity index (χ1v) is 7.65. The maximum atomic E-state index is 9.29. The molecule has 1 saturated carbocycles. The molecule has 0 radical (unpaired) electrons. The van der Waals surface area contributed by atoms with E-state index in [0.29, 0.717) is 18.8 Å². The number of nitrogens with zero attached hydrogens (tertiary/aromatic N) is 1. The van der Waals surface area contributed by atoms with Crippen LogP contribution in [0.2, 0.25) is 0 Å². The Morgan fingerprint density at radius 2 is 1.84 bits per heavy atom. The van der Waals surface area contributed by atoms with Crippen LogP contribution in [0.3, 0.4) is 0 Å². The molecular weight excluding hydrogens is 236 g/mol. The van der Waals surface area contributed by atoms with Crippen molar-refractivity contribution in [3.05, 3.63) is 0 Å². The van der Waals surface area contributed by atoms with Gasteiger partial charge >= 0.3 is 0 Å². The summed E-state index contributed by atoms with van der Waals surface area (Å²) < 4.78 is 6.01. The summed E-state index contributed by atoms with van der Waals surface area (Å²) in [5.41, 5.74) is -0.472. The smallest absolute Gasteiger partial charge is 0.106 e. The number of ether oxygens (including phenoxy) is 1. The highest BCUT2D eigenvalue weighted by molar-refractivity contribution is 5.04. The van der Waals surface area contributed by atoms with Crippen molar-refractivity contribution in [3.63, 3.8) is 0 Å². The molecule has 0 aromatic carbocycles. The molecule has 3 unspecified atom stereocenters. The van der Waals surface area contributed by atoms with E-state index in [-0.39, 0.29) is 0 Å². The van der Waals surface area contributed by atoms with E-state index in [1.807, 2.05) is 6.92 Å². The SMILES string of the molecule is CC1CC(C)CC(OCCC(C)(C#N)NC(C)C)C1. The number of rotatable bonds is 6. The van der Waals surface area contributed by atoms with E-state index < -0.39 is 5.54 Å². The van der Waals surface area contributed by atoms with Gasteiger partial charge < -0.3 is 4.74 Å². The minimum atomic E-state index is -0.472. The molecule has 19 heavy (non-hydrogen) atoms. The van der Waals surface area contributed by atoms with Gasteiger partial charge in [-0.3, -0.25) is 5.32 Å². The molecular formula is C16H30N2O. The van der Waals surface area contributed by atoms with Crippen molar-refractivity contribution in [1.82, 2.24) is 5.32 Å². The van der Waals surface area contributed by atoms with Crippen LogP contribution in [0.25, 0.3) is 0 Å². The topological polar surface area (TPSA) is 45.0 Å². The Morgan fingerprint density at radius 3 is 2.32 bits per heavy atom. The Kier molecular flexibility index (Phi) is 6.29. The predicted octanol–water partition coefficient (Wildman–Crippen LogP) is 3.50. The molecule has 1 aliphatic carbocycles. The molecule has 0 saturated heterocycles. The Hall–Kier alpha value is -0.590. The van der Waals surface area contributed by atoms with Gasteiger partial charge in [-0.2, -0.15) is 5.26 Å². The maximum Gasteiger partial charge on any atom is 0.106 e. The van der Waals surface area contributed by atoms with Crippen molar-refractivity contribution in [2.24, 2.45) is 11.8 Å². The second kappa shape index (κ2) is 7.26. The molecule has 0 aromatic heterocycles. The van der Waals surface area contributed by atoms with Crippen LogP contribution in [-0.2, 0) is 4.74 Å². The molecule has 0 amide bonds. The van der Waals surface area contributed by atoms with Crippen LogP contribution in [-0.4, -0.2) is 24.3 Å². The largest absolute Gasteiger partial charge is 0.378 e. The predicted molar refractivity (Wildman–Crippen MR) is 78.8 cm³/mol. The van der Waals surface area contributed by atoms with Crippen LogP contribution in [0.5, 0.6) is 0 Å². The minimum Gasteiger partial charge on any atom is -0.378 e. The molecule has 0 bridgehead atoms. The van der Waals surface area contributed by atoms with Crippen molar-refractivity contribution in [3.8, 4) is 6.07 Å². The van der Waals surface area contributed by atoms with Gasteiger partial charge in [0.15, 0.2) is 0 Å². The summed E-state index contributed by atoms with van der Waals surface area (Å²) in [6.45, 7) is 11.4. The van der Waals surface area contributed by atoms with E-state index >= 15 is 0 Å². The average Bonchev–Trinajstić information content (AvgIpc) is 2.26. The van der Waals surface area contributed by atoms with Crippen molar-refractivity contribution >= 4 is 0 Å². The summed E-state index contributed by atoms with van der Waals surface area (Å²) in [6, 6.07) is 2.69. The fraction of sp³-hybridized carbons (Fsp3) is 0.938. The first-order valence-electron chi connectivity index (χ1n) is 7.65. The van der Waals surface area contributed by atoms with Crippen LogP contribution in [0, 0.1) is 23.2 Å². The van der Waals surface area contributed by atoms with E-state index in [2.05, 4.69) is 39.1 Å². The van der Waals surface area contributed by atoms with Crippen LogP contribution >= 0.6 is 0 Å². The first-order chi connectivity index (χ1) is 8.84. The quantitative estimate of drug-likeness (QED) is 0.800. The van der Waals surface area contributed by atoms with Gasteiger partial charge in [-0.1, -0.05) is 13.8 Å². The summed E-state index contributed by atoms with van der Waals surface area (Å²) in [6.07, 6.45) is 4.81. The lowest BCUT2D eigenvalue weighted by molar-refractivity contribution is -0.00504. The maximum absolute atomic E-state index is 9.29. The molecule has 0 aromatic rings. The van der Waals surface area contributed by atoms with E-state index in [0.717, 1.165) is 18.3 Å². The molecule has 3 nitrogen and oxygen atoms in total. The monoisotopic (exact) mass is 266 g/mol. The van der Waals surface area contributed by atoms with Gasteiger partial charge in [0.05, 0.1) is 12.2 Å². The van der Waals surface area contributed by atoms with E-state index in [1.54, 1.807) is 0 Å². The molecule has 3 heteroatoms. The summed E-state index contributed by atoms with van der Waals surface area (Å²) >= 11 is 0. The zero-order chi connectivity index (χ0) is 14.5. The van der Waals surface area contributed by atoms with Crippen LogP contribution in [0.1, 0.15) is 60.3 Å². The third-order valence-corrected chi connectivity index (χ3v) is 3.94. The van der Waals surface area contributed by atoms with Crippen molar-refractivity contribution in [2.45, 2.75) is 78.0 Å². The lowest BCUT2D eigenvalue weighted by Gasteiger charge is -2.32. The summed E-state index contributed by atoms with van der Waals surface area (Å²) in [5.74, 6) is 1.54. The van der Waals surface area contributed by atoms with E-state index in [4.69, 9.17) is 4.74 Å². The highest BCUT2D eigenvalue weighted by atomic mass is 16.5. The fourth-order valence-electron chi connectivity index (χ4n) is 3.24. The van der Waals surface area contributed by atoms with Crippen LogP contribution in [0.15, 0.2) is 0 Å². The fourth-order valence-corrected chi connectivity index (χ4v) is 3.24. The van der Waals surface area contributed by atoms with Gasteiger partial charge in [-0.05, 0) is 51.9 Å². The van der Waals surface area contributed by atoms with Gasteiger partial charge in [0.2, 0.25) is 0 Å². The number of nitriles is 1. The third kappa shape index (κ3) is 5.93. The van der Waals surface area contributed by atoms with Crippen molar-refractivity contribution in [2.75, 3.05) is 6.61 Å². The molecule has 0 heterocycles. The summed E-state index contributed by atoms with van der Waals surface area (Å²) in [7, 11) is 0. The average molecular weight is 266 g/mol. The zero-order valence-corrected chi connectivity index (χ0v) is 13.2. The van der Waals surface area contributed by atoms with E-state index in [9.17, 15) is 5.26 Å². The highest BCUT2D eigenvalue weighted by Crippen LogP contribution is 2.30. The Labute approximate surface area is 118 Å². The van der Waals surface area contributed by atoms with Crippen molar-refractivity contribution < 1.29 is 4.74 Å². The number of hydrogen-bond donors (Lipinski definition) is 1. The second-order valence-electron chi connectivity index (χ2n) is 6.90. The minimum absolute atomic E-state index is 0.319. The molecule has 0 aliphatic heterocycles. The van der Waals surface area contributed by atoms with Crippen molar-refractivity contribution in [1.29, 1.82) is 5.26 Å². The standard InChI is InChI=1S/C16H30N2O/c1-12(2)18-16(5,11-17)6-7-19-15-9-13(3)8-14(4)10-15/h12-15,18H,6-10H2,1-5H3. The molecule has 0 spiro atoms. The van der Waals surface area contributed by atoms with E-state index in [1.165, 1.54) is 19.3 Å². The van der Waals surface area contributed by atoms with Gasteiger partial charge in [0.25, 0.3) is 0 Å². The normalized spacial score (nSPS) is 30.9. The molecule has 1 N–H and O–H groups in total. The summed E-state index contributed by atoms with van der Waals surface area (Å²) in [5, 5.41) is 12.6.